The van der Waals surface area contributed by atoms with Gasteiger partial charge in [-0.25, -0.2) is 4.98 Å². The summed E-state index contributed by atoms with van der Waals surface area (Å²) in [4.78, 5) is 4.36. The minimum Gasteiger partial charge on any atom is -0.390 e. The van der Waals surface area contributed by atoms with E-state index in [-0.39, 0.29) is 12.7 Å². The molecule has 0 saturated heterocycles. The minimum atomic E-state index is -0.610. The summed E-state index contributed by atoms with van der Waals surface area (Å²) in [6, 6.07) is 9.49. The summed E-state index contributed by atoms with van der Waals surface area (Å²) in [6.45, 7) is 6.11. The molecule has 0 aliphatic carbocycles. The third-order valence-corrected chi connectivity index (χ3v) is 5.27. The van der Waals surface area contributed by atoms with E-state index in [1.54, 1.807) is 0 Å². The fraction of sp³-hybridized carbons (Fsp3) is 0.389. The Morgan fingerprint density at radius 3 is 2.69 bits per heavy atom. The molecule has 0 spiro atoms. The number of fused-ring (bicyclic) bond motifs is 1. The van der Waals surface area contributed by atoms with Crippen LogP contribution in [0.5, 0.6) is 0 Å². The Labute approximate surface area is 161 Å². The summed E-state index contributed by atoms with van der Waals surface area (Å²) in [6.07, 6.45) is -0.726. The van der Waals surface area contributed by atoms with E-state index in [0.29, 0.717) is 16.6 Å². The maximum atomic E-state index is 10.2. The number of hydrogen-bond donors (Lipinski definition) is 1. The average Bonchev–Trinajstić information content (AvgIpc) is 3.01. The second kappa shape index (κ2) is 8.35. The number of aliphatic hydroxyl groups excluding tert-OH is 1. The molecule has 26 heavy (non-hydrogen) atoms. The van der Waals surface area contributed by atoms with E-state index >= 15 is 0 Å². The van der Waals surface area contributed by atoms with Crippen molar-refractivity contribution in [1.29, 1.82) is 0 Å². The van der Waals surface area contributed by atoms with Gasteiger partial charge >= 0.3 is 0 Å². The van der Waals surface area contributed by atoms with Crippen molar-refractivity contribution in [3.63, 3.8) is 0 Å². The Morgan fingerprint density at radius 1 is 1.23 bits per heavy atom. The molecule has 0 aliphatic rings. The first-order valence-corrected chi connectivity index (χ1v) is 9.67. The minimum absolute atomic E-state index is 0.116. The number of ether oxygens (including phenoxy) is 1. The third-order valence-electron chi connectivity index (χ3n) is 3.95. The van der Waals surface area contributed by atoms with Crippen LogP contribution in [0.3, 0.4) is 0 Å². The highest BCUT2D eigenvalue weighted by molar-refractivity contribution is 7.99. The Kier molecular flexibility index (Phi) is 6.13. The van der Waals surface area contributed by atoms with Crippen LogP contribution in [0.4, 0.5) is 0 Å². The highest BCUT2D eigenvalue weighted by atomic mass is 35.5. The summed E-state index contributed by atoms with van der Waals surface area (Å²) in [7, 11) is 0. The number of rotatable bonds is 7. The van der Waals surface area contributed by atoms with Crippen LogP contribution >= 0.6 is 23.4 Å². The molecule has 138 valence electrons. The van der Waals surface area contributed by atoms with Gasteiger partial charge in [-0.05, 0) is 44.5 Å². The molecule has 0 radical (unpaired) electrons. The molecule has 6 nitrogen and oxygen atoms in total. The van der Waals surface area contributed by atoms with Crippen LogP contribution in [-0.4, -0.2) is 43.2 Å². The first kappa shape index (κ1) is 19.1. The number of halogens is 1. The van der Waals surface area contributed by atoms with E-state index in [9.17, 15) is 5.11 Å². The van der Waals surface area contributed by atoms with Crippen LogP contribution in [0.1, 0.15) is 30.0 Å². The Hall–Kier alpha value is -1.67. The van der Waals surface area contributed by atoms with Crippen molar-refractivity contribution in [2.75, 3.05) is 12.4 Å². The summed E-state index contributed by atoms with van der Waals surface area (Å²) in [5.74, 6) is 1.04. The quantitative estimate of drug-likeness (QED) is 0.619. The monoisotopic (exact) mass is 392 g/mol. The summed E-state index contributed by atoms with van der Waals surface area (Å²) < 4.78 is 7.66. The smallest absolute Gasteiger partial charge is 0.256 e. The normalized spacial score (nSPS) is 13.9. The second-order valence-electron chi connectivity index (χ2n) is 6.15. The zero-order valence-electron chi connectivity index (χ0n) is 14.9. The highest BCUT2D eigenvalue weighted by Gasteiger charge is 2.14. The molecule has 0 saturated carbocycles. The molecule has 1 N–H and O–H groups in total. The van der Waals surface area contributed by atoms with Crippen molar-refractivity contribution < 1.29 is 9.84 Å². The SMILES string of the molecule is Cc1cc(C)n2c(SC[C@H](O)CO[C@H](C)c3ccc(Cl)cc3)nnc2n1. The number of aromatic nitrogens is 4. The first-order chi connectivity index (χ1) is 12.4. The number of thioether (sulfide) groups is 1. The fourth-order valence-electron chi connectivity index (χ4n) is 2.60. The zero-order chi connectivity index (χ0) is 18.7. The van der Waals surface area contributed by atoms with Crippen molar-refractivity contribution >= 4 is 29.1 Å². The zero-order valence-corrected chi connectivity index (χ0v) is 16.5. The van der Waals surface area contributed by atoms with Crippen LogP contribution in [0.25, 0.3) is 5.78 Å². The number of aliphatic hydroxyl groups is 1. The second-order valence-corrected chi connectivity index (χ2v) is 7.57. The Balaban J connectivity index is 1.54. The molecule has 3 aromatic rings. The molecule has 0 bridgehead atoms. The van der Waals surface area contributed by atoms with Crippen molar-refractivity contribution in [1.82, 2.24) is 19.6 Å². The molecule has 2 atom stereocenters. The van der Waals surface area contributed by atoms with Crippen molar-refractivity contribution in [3.8, 4) is 0 Å². The van der Waals surface area contributed by atoms with Crippen LogP contribution in [0.2, 0.25) is 5.02 Å². The number of benzene rings is 1. The molecule has 8 heteroatoms. The lowest BCUT2D eigenvalue weighted by Gasteiger charge is -2.16. The number of nitrogens with zero attached hydrogens (tertiary/aromatic N) is 4. The highest BCUT2D eigenvalue weighted by Crippen LogP contribution is 2.22. The van der Waals surface area contributed by atoms with Gasteiger partial charge < -0.3 is 9.84 Å². The van der Waals surface area contributed by atoms with E-state index in [0.717, 1.165) is 22.1 Å². The van der Waals surface area contributed by atoms with Gasteiger partial charge in [0, 0.05) is 22.2 Å². The summed E-state index contributed by atoms with van der Waals surface area (Å²) in [5, 5.41) is 19.9. The van der Waals surface area contributed by atoms with E-state index in [1.807, 2.05) is 55.5 Å². The Bertz CT molecular complexity index is 885. The van der Waals surface area contributed by atoms with Crippen LogP contribution in [0, 0.1) is 13.8 Å². The molecule has 0 unspecified atom stereocenters. The summed E-state index contributed by atoms with van der Waals surface area (Å²) >= 11 is 7.33. The largest absolute Gasteiger partial charge is 0.390 e. The molecule has 0 amide bonds. The predicted molar refractivity (Wildman–Crippen MR) is 103 cm³/mol. The molecule has 2 aromatic heterocycles. The fourth-order valence-corrected chi connectivity index (χ4v) is 3.61. The third kappa shape index (κ3) is 4.54. The van der Waals surface area contributed by atoms with Crippen molar-refractivity contribution in [2.45, 2.75) is 38.1 Å². The predicted octanol–water partition coefficient (Wildman–Crippen LogP) is 3.63. The van der Waals surface area contributed by atoms with Crippen molar-refractivity contribution in [3.05, 3.63) is 52.3 Å². The van der Waals surface area contributed by atoms with Gasteiger partial charge in [0.25, 0.3) is 5.78 Å². The van der Waals surface area contributed by atoms with Gasteiger partial charge in [-0.1, -0.05) is 35.5 Å². The summed E-state index contributed by atoms with van der Waals surface area (Å²) in [5.41, 5.74) is 2.94. The van der Waals surface area contributed by atoms with Crippen molar-refractivity contribution in [2.24, 2.45) is 0 Å². The maximum Gasteiger partial charge on any atom is 0.256 e. The molecule has 2 heterocycles. The lowest BCUT2D eigenvalue weighted by atomic mass is 10.1. The maximum absolute atomic E-state index is 10.2. The number of aryl methyl sites for hydroxylation is 2. The van der Waals surface area contributed by atoms with Gasteiger partial charge in [0.05, 0.1) is 18.8 Å². The molecule has 0 aliphatic heterocycles. The van der Waals surface area contributed by atoms with E-state index in [1.165, 1.54) is 11.8 Å². The van der Waals surface area contributed by atoms with Gasteiger partial charge in [-0.3, -0.25) is 4.40 Å². The topological polar surface area (TPSA) is 72.5 Å². The molecular weight excluding hydrogens is 372 g/mol. The van der Waals surface area contributed by atoms with Gasteiger partial charge in [0.15, 0.2) is 5.16 Å². The molecule has 0 fully saturated rings. The van der Waals surface area contributed by atoms with E-state index in [2.05, 4.69) is 15.2 Å². The molecular formula is C18H21ClN4O2S. The van der Waals surface area contributed by atoms with Crippen LogP contribution in [0.15, 0.2) is 35.5 Å². The lowest BCUT2D eigenvalue weighted by Crippen LogP contribution is -2.19. The average molecular weight is 393 g/mol. The first-order valence-electron chi connectivity index (χ1n) is 8.31. The van der Waals surface area contributed by atoms with E-state index in [4.69, 9.17) is 16.3 Å². The molecule has 1 aromatic carbocycles. The van der Waals surface area contributed by atoms with Gasteiger partial charge in [0.1, 0.15) is 0 Å². The molecule has 3 rings (SSSR count). The van der Waals surface area contributed by atoms with Crippen LogP contribution in [-0.2, 0) is 4.74 Å². The van der Waals surface area contributed by atoms with E-state index < -0.39 is 6.10 Å². The van der Waals surface area contributed by atoms with Gasteiger partial charge in [-0.2, -0.15) is 0 Å². The standard InChI is InChI=1S/C18H21ClN4O2S/c1-11-8-12(2)23-17(20-11)21-22-18(23)26-10-16(24)9-25-13(3)14-4-6-15(19)7-5-14/h4-8,13,16,24H,9-10H2,1-3H3/t13-,16-/m1/s1. The van der Waals surface area contributed by atoms with Crippen LogP contribution < -0.4 is 0 Å². The van der Waals surface area contributed by atoms with Gasteiger partial charge in [0.2, 0.25) is 0 Å². The Morgan fingerprint density at radius 2 is 1.96 bits per heavy atom. The number of hydrogen-bond acceptors (Lipinski definition) is 6. The van der Waals surface area contributed by atoms with Gasteiger partial charge in [-0.15, -0.1) is 10.2 Å². The lowest BCUT2D eigenvalue weighted by molar-refractivity contribution is 0.00621.